The Morgan fingerprint density at radius 3 is 2.02 bits per heavy atom. The van der Waals surface area contributed by atoms with Crippen LogP contribution < -0.4 is 21.9 Å². The number of H-pyrrole nitrogens is 1. The van der Waals surface area contributed by atoms with E-state index in [9.17, 15) is 19.2 Å². The monoisotopic (exact) mass is 640 g/mol. The summed E-state index contributed by atoms with van der Waals surface area (Å²) in [6.07, 6.45) is 21.1. The number of carbonyl (C=O) groups excluding carboxylic acids is 2. The molecule has 1 amide bonds. The topological polar surface area (TPSA) is 132 Å². The Morgan fingerprint density at radius 1 is 0.848 bits per heavy atom. The van der Waals surface area contributed by atoms with Gasteiger partial charge in [0.05, 0.1) is 11.1 Å². The van der Waals surface area contributed by atoms with Gasteiger partial charge >= 0.3 is 11.7 Å². The number of hydrogen-bond acceptors (Lipinski definition) is 7. The average Bonchev–Trinajstić information content (AvgIpc) is 3.06. The van der Waals surface area contributed by atoms with Crippen molar-refractivity contribution in [1.29, 1.82) is 0 Å². The normalized spacial score (nSPS) is 16.3. The molecule has 1 aromatic heterocycles. The summed E-state index contributed by atoms with van der Waals surface area (Å²) in [6.45, 7) is 5.16. The van der Waals surface area contributed by atoms with Crippen molar-refractivity contribution in [2.45, 2.75) is 129 Å². The fourth-order valence-electron chi connectivity index (χ4n) is 5.82. The van der Waals surface area contributed by atoms with Gasteiger partial charge in [-0.25, -0.2) is 9.59 Å². The maximum Gasteiger partial charge on any atom is 0.339 e. The quantitative estimate of drug-likeness (QED) is 0.103. The Kier molecular flexibility index (Phi) is 17.4. The summed E-state index contributed by atoms with van der Waals surface area (Å²) in [7, 11) is 0. The van der Waals surface area contributed by atoms with Crippen molar-refractivity contribution < 1.29 is 19.1 Å². The minimum Gasteiger partial charge on any atom is -0.459 e. The van der Waals surface area contributed by atoms with Gasteiger partial charge in [-0.05, 0) is 25.5 Å². The number of hydrogen-bond donors (Lipinski definition) is 3. The SMILES string of the molecule is CCCCCCCCCCCCCCCCCCNC(=O)c1ccccc1C(=O)OC[C@@H]1CNC[C@H](n2cc(C)c(=O)[nH]c2=O)O1. The van der Waals surface area contributed by atoms with Gasteiger partial charge < -0.3 is 20.1 Å². The highest BCUT2D eigenvalue weighted by Gasteiger charge is 2.26. The lowest BCUT2D eigenvalue weighted by molar-refractivity contribution is -0.0996. The second-order valence-electron chi connectivity index (χ2n) is 12.6. The van der Waals surface area contributed by atoms with Crippen LogP contribution >= 0.6 is 0 Å². The molecule has 0 radical (unpaired) electrons. The van der Waals surface area contributed by atoms with Crippen LogP contribution in [0.25, 0.3) is 0 Å². The molecule has 0 spiro atoms. The number of aromatic nitrogens is 2. The summed E-state index contributed by atoms with van der Waals surface area (Å²) >= 11 is 0. The molecule has 3 rings (SSSR count). The van der Waals surface area contributed by atoms with Gasteiger partial charge in [0.2, 0.25) is 0 Å². The molecule has 0 unspecified atom stereocenters. The highest BCUT2D eigenvalue weighted by Crippen LogP contribution is 2.16. The fraction of sp³-hybridized carbons (Fsp3) is 0.667. The van der Waals surface area contributed by atoms with Gasteiger partial charge in [0, 0.05) is 31.4 Å². The zero-order valence-corrected chi connectivity index (χ0v) is 28.1. The number of rotatable bonds is 22. The Morgan fingerprint density at radius 2 is 1.41 bits per heavy atom. The molecule has 1 fully saturated rings. The van der Waals surface area contributed by atoms with E-state index in [1.165, 1.54) is 101 Å². The van der Waals surface area contributed by atoms with Gasteiger partial charge in [-0.3, -0.25) is 19.1 Å². The zero-order chi connectivity index (χ0) is 33.0. The molecule has 0 aliphatic carbocycles. The Balaban J connectivity index is 1.28. The van der Waals surface area contributed by atoms with E-state index < -0.39 is 29.6 Å². The summed E-state index contributed by atoms with van der Waals surface area (Å²) < 4.78 is 12.8. The summed E-state index contributed by atoms with van der Waals surface area (Å²) in [5.74, 6) is -0.909. The smallest absolute Gasteiger partial charge is 0.339 e. The number of aromatic amines is 1. The van der Waals surface area contributed by atoms with Crippen LogP contribution in [0.4, 0.5) is 0 Å². The molecule has 3 N–H and O–H groups in total. The van der Waals surface area contributed by atoms with Crippen LogP contribution in [-0.2, 0) is 9.47 Å². The zero-order valence-electron chi connectivity index (χ0n) is 28.1. The molecule has 10 heteroatoms. The first-order chi connectivity index (χ1) is 22.4. The molecule has 0 saturated carbocycles. The van der Waals surface area contributed by atoms with E-state index in [1.54, 1.807) is 31.2 Å². The van der Waals surface area contributed by atoms with Crippen LogP contribution in [-0.4, -0.2) is 53.8 Å². The third-order valence-electron chi connectivity index (χ3n) is 8.60. The van der Waals surface area contributed by atoms with E-state index in [2.05, 4.69) is 22.5 Å². The first kappa shape index (κ1) is 37.2. The number of aryl methyl sites for hydroxylation is 1. The second-order valence-corrected chi connectivity index (χ2v) is 12.6. The Labute approximate surface area is 274 Å². The molecule has 2 heterocycles. The lowest BCUT2D eigenvalue weighted by atomic mass is 10.0. The van der Waals surface area contributed by atoms with Gasteiger partial charge in [-0.2, -0.15) is 0 Å². The molecule has 10 nitrogen and oxygen atoms in total. The number of benzene rings is 1. The molecular weight excluding hydrogens is 584 g/mol. The van der Waals surface area contributed by atoms with E-state index in [1.807, 2.05) is 0 Å². The van der Waals surface area contributed by atoms with Crippen LogP contribution in [0.1, 0.15) is 142 Å². The number of amides is 1. The standard InChI is InChI=1S/C36H56N4O6/c1-3-4-5-6-7-8-9-10-11-12-13-14-15-16-17-20-23-38-34(42)30-21-18-19-22-31(30)35(43)45-27-29-24-37-25-32(46-29)40-26-28(2)33(41)39-36(40)44/h18-19,21-22,26,29,32,37H,3-17,20,23-25,27H2,1-2H3,(H,38,42)(H,39,41,44)/t29-,32+/m0/s1. The molecule has 256 valence electrons. The molecule has 46 heavy (non-hydrogen) atoms. The first-order valence-electron chi connectivity index (χ1n) is 17.6. The highest BCUT2D eigenvalue weighted by molar-refractivity contribution is 6.05. The van der Waals surface area contributed by atoms with Gasteiger partial charge in [-0.15, -0.1) is 0 Å². The molecule has 2 atom stereocenters. The van der Waals surface area contributed by atoms with Crippen molar-refractivity contribution in [3.05, 3.63) is 68.0 Å². The van der Waals surface area contributed by atoms with Crippen LogP contribution in [0.3, 0.4) is 0 Å². The first-order valence-corrected chi connectivity index (χ1v) is 17.6. The van der Waals surface area contributed by atoms with E-state index in [4.69, 9.17) is 9.47 Å². The maximum atomic E-state index is 13.0. The van der Waals surface area contributed by atoms with E-state index in [0.717, 1.165) is 12.8 Å². The predicted molar refractivity (Wildman–Crippen MR) is 181 cm³/mol. The number of nitrogens with one attached hydrogen (secondary N) is 3. The molecule has 1 aliphatic rings. The molecule has 1 aromatic carbocycles. The van der Waals surface area contributed by atoms with Gasteiger partial charge in [0.15, 0.2) is 6.23 Å². The van der Waals surface area contributed by atoms with Crippen molar-refractivity contribution in [2.24, 2.45) is 0 Å². The second kappa shape index (κ2) is 21.5. The number of nitrogens with zero attached hydrogens (tertiary/aromatic N) is 1. The van der Waals surface area contributed by atoms with Gasteiger partial charge in [-0.1, -0.05) is 115 Å². The number of esters is 1. The van der Waals surface area contributed by atoms with Crippen molar-refractivity contribution in [3.8, 4) is 0 Å². The summed E-state index contributed by atoms with van der Waals surface area (Å²) in [6, 6.07) is 6.63. The average molecular weight is 641 g/mol. The van der Waals surface area contributed by atoms with Crippen LogP contribution in [0.2, 0.25) is 0 Å². The van der Waals surface area contributed by atoms with Crippen LogP contribution in [0.15, 0.2) is 40.1 Å². The predicted octanol–water partition coefficient (Wildman–Crippen LogP) is 6.18. The van der Waals surface area contributed by atoms with Crippen molar-refractivity contribution in [2.75, 3.05) is 26.2 Å². The fourth-order valence-corrected chi connectivity index (χ4v) is 5.82. The highest BCUT2D eigenvalue weighted by atomic mass is 16.6. The molecule has 0 bridgehead atoms. The minimum atomic E-state index is -0.664. The minimum absolute atomic E-state index is 0.0609. The van der Waals surface area contributed by atoms with Crippen LogP contribution in [0, 0.1) is 6.92 Å². The van der Waals surface area contributed by atoms with Crippen molar-refractivity contribution in [3.63, 3.8) is 0 Å². The van der Waals surface area contributed by atoms with Crippen molar-refractivity contribution >= 4 is 11.9 Å². The molecule has 1 saturated heterocycles. The number of ether oxygens (including phenoxy) is 2. The van der Waals surface area contributed by atoms with Crippen molar-refractivity contribution in [1.82, 2.24) is 20.2 Å². The van der Waals surface area contributed by atoms with E-state index in [0.29, 0.717) is 25.2 Å². The van der Waals surface area contributed by atoms with Gasteiger partial charge in [0.25, 0.3) is 11.5 Å². The number of morpholine rings is 1. The summed E-state index contributed by atoms with van der Waals surface area (Å²) in [5.41, 5.74) is -0.149. The summed E-state index contributed by atoms with van der Waals surface area (Å²) in [5, 5.41) is 6.12. The Hall–Kier alpha value is -3.24. The largest absolute Gasteiger partial charge is 0.459 e. The molecule has 1 aliphatic heterocycles. The lowest BCUT2D eigenvalue weighted by Crippen LogP contribution is -2.48. The lowest BCUT2D eigenvalue weighted by Gasteiger charge is -2.31. The molecule has 2 aromatic rings. The summed E-state index contributed by atoms with van der Waals surface area (Å²) in [4.78, 5) is 52.1. The maximum absolute atomic E-state index is 13.0. The Bertz CT molecular complexity index is 1310. The van der Waals surface area contributed by atoms with E-state index in [-0.39, 0.29) is 23.6 Å². The number of carbonyl (C=O) groups is 2. The number of unbranched alkanes of at least 4 members (excludes halogenated alkanes) is 15. The van der Waals surface area contributed by atoms with Gasteiger partial charge in [0.1, 0.15) is 12.7 Å². The molecular formula is C36H56N4O6. The van der Waals surface area contributed by atoms with E-state index >= 15 is 0 Å². The van der Waals surface area contributed by atoms with Crippen LogP contribution in [0.5, 0.6) is 0 Å². The third-order valence-corrected chi connectivity index (χ3v) is 8.60. The third kappa shape index (κ3) is 13.2.